The minimum Gasteiger partial charge on any atom is -0.299 e. The lowest BCUT2D eigenvalue weighted by molar-refractivity contribution is 0.586. The van der Waals surface area contributed by atoms with E-state index in [0.717, 1.165) is 41.6 Å². The predicted molar refractivity (Wildman–Crippen MR) is 129 cm³/mol. The van der Waals surface area contributed by atoms with Gasteiger partial charge in [-0.25, -0.2) is 4.79 Å². The summed E-state index contributed by atoms with van der Waals surface area (Å²) in [7, 11) is 0. The van der Waals surface area contributed by atoms with Crippen molar-refractivity contribution in [1.29, 1.82) is 0 Å². The molecule has 7 heteroatoms. The summed E-state index contributed by atoms with van der Waals surface area (Å²) >= 11 is 0. The number of aromatic amines is 1. The molecule has 0 amide bonds. The minimum atomic E-state index is 0.122. The third-order valence-corrected chi connectivity index (χ3v) is 6.72. The summed E-state index contributed by atoms with van der Waals surface area (Å²) in [6, 6.07) is 16.5. The first-order chi connectivity index (χ1) is 16.2. The number of nitrogens with zero attached hydrogens (tertiary/aromatic N) is 5. The molecule has 1 aliphatic carbocycles. The Labute approximate surface area is 193 Å². The Morgan fingerprint density at radius 1 is 1.03 bits per heavy atom. The molecule has 33 heavy (non-hydrogen) atoms. The Morgan fingerprint density at radius 3 is 2.48 bits per heavy atom. The number of aryl methyl sites for hydroxylation is 1. The van der Waals surface area contributed by atoms with Gasteiger partial charge in [0.15, 0.2) is 0 Å². The summed E-state index contributed by atoms with van der Waals surface area (Å²) in [5.41, 5.74) is 5.54. The van der Waals surface area contributed by atoms with Gasteiger partial charge in [-0.3, -0.25) is 9.13 Å². The zero-order chi connectivity index (χ0) is 22.6. The lowest BCUT2D eigenvalue weighted by atomic mass is 9.98. The van der Waals surface area contributed by atoms with Crippen molar-refractivity contribution in [2.75, 3.05) is 0 Å². The van der Waals surface area contributed by atoms with Crippen molar-refractivity contribution in [2.24, 2.45) is 0 Å². The van der Waals surface area contributed by atoms with Crippen molar-refractivity contribution in [3.05, 3.63) is 76.5 Å². The number of hydrogen-bond donors (Lipinski definition) is 1. The van der Waals surface area contributed by atoms with Gasteiger partial charge in [0.1, 0.15) is 0 Å². The third kappa shape index (κ3) is 4.40. The maximum absolute atomic E-state index is 13.2. The number of imidazole rings is 1. The van der Waals surface area contributed by atoms with E-state index >= 15 is 0 Å². The van der Waals surface area contributed by atoms with Gasteiger partial charge in [0.2, 0.25) is 5.82 Å². The molecule has 1 N–H and O–H groups in total. The average Bonchev–Trinajstić information content (AvgIpc) is 3.62. The van der Waals surface area contributed by atoms with Crippen molar-refractivity contribution in [3.63, 3.8) is 0 Å². The highest BCUT2D eigenvalue weighted by Crippen LogP contribution is 2.34. The van der Waals surface area contributed by atoms with Crippen LogP contribution in [0, 0.1) is 0 Å². The van der Waals surface area contributed by atoms with E-state index in [-0.39, 0.29) is 5.69 Å². The molecule has 2 heterocycles. The first-order valence-corrected chi connectivity index (χ1v) is 12.0. The van der Waals surface area contributed by atoms with Crippen LogP contribution < -0.4 is 5.69 Å². The molecular weight excluding hydrogens is 412 g/mol. The average molecular weight is 443 g/mol. The quantitative estimate of drug-likeness (QED) is 0.416. The Hall–Kier alpha value is -3.48. The smallest absolute Gasteiger partial charge is 0.299 e. The number of H-pyrrole nitrogens is 1. The zero-order valence-corrected chi connectivity index (χ0v) is 19.1. The molecule has 1 fully saturated rings. The number of benzene rings is 2. The topological polar surface area (TPSA) is 81.4 Å². The van der Waals surface area contributed by atoms with E-state index in [9.17, 15) is 4.79 Å². The molecule has 7 nitrogen and oxygen atoms in total. The fourth-order valence-corrected chi connectivity index (χ4v) is 4.92. The van der Waals surface area contributed by atoms with Crippen LogP contribution in [0.1, 0.15) is 62.6 Å². The summed E-state index contributed by atoms with van der Waals surface area (Å²) in [6.07, 6.45) is 9.13. The van der Waals surface area contributed by atoms with E-state index < -0.39 is 0 Å². The lowest BCUT2D eigenvalue weighted by Crippen LogP contribution is -2.26. The van der Waals surface area contributed by atoms with Gasteiger partial charge >= 0.3 is 5.69 Å². The summed E-state index contributed by atoms with van der Waals surface area (Å²) < 4.78 is 3.93. The van der Waals surface area contributed by atoms with Crippen LogP contribution in [0.15, 0.2) is 59.5 Å². The highest BCUT2D eigenvalue weighted by Gasteiger charge is 2.23. The van der Waals surface area contributed by atoms with Crippen molar-refractivity contribution in [1.82, 2.24) is 29.8 Å². The largest absolute Gasteiger partial charge is 0.328 e. The van der Waals surface area contributed by atoms with Gasteiger partial charge in [-0.15, -0.1) is 10.2 Å². The van der Waals surface area contributed by atoms with E-state index in [2.05, 4.69) is 64.1 Å². The molecule has 0 radical (unpaired) electrons. The molecule has 0 bridgehead atoms. The van der Waals surface area contributed by atoms with Crippen LogP contribution in [0.5, 0.6) is 0 Å². The molecule has 5 rings (SSSR count). The fourth-order valence-electron chi connectivity index (χ4n) is 4.92. The molecule has 0 aliphatic heterocycles. The number of tetrazole rings is 1. The summed E-state index contributed by atoms with van der Waals surface area (Å²) in [5, 5.41) is 14.5. The molecule has 0 saturated heterocycles. The van der Waals surface area contributed by atoms with Gasteiger partial charge in [0.05, 0.1) is 6.54 Å². The fraction of sp³-hybridized carbons (Fsp3) is 0.385. The SMILES string of the molecule is CCCCn1cc(C2CCCC2)n(Cc2ccc(-c3ccccc3-c3nn[nH]n3)cc2)c1=O. The lowest BCUT2D eigenvalue weighted by Gasteiger charge is -2.13. The second-order valence-corrected chi connectivity index (χ2v) is 8.93. The molecule has 0 atom stereocenters. The Balaban J connectivity index is 1.44. The second-order valence-electron chi connectivity index (χ2n) is 8.93. The highest BCUT2D eigenvalue weighted by atomic mass is 16.1. The monoisotopic (exact) mass is 442 g/mol. The predicted octanol–water partition coefficient (Wildman–Crippen LogP) is 5.00. The number of unbranched alkanes of at least 4 members (excludes halogenated alkanes) is 1. The Morgan fingerprint density at radius 2 is 1.79 bits per heavy atom. The molecule has 170 valence electrons. The van der Waals surface area contributed by atoms with E-state index in [1.54, 1.807) is 0 Å². The first kappa shape index (κ1) is 21.4. The first-order valence-electron chi connectivity index (χ1n) is 12.0. The van der Waals surface area contributed by atoms with Crippen LogP contribution in [0.2, 0.25) is 0 Å². The van der Waals surface area contributed by atoms with Crippen LogP contribution in [0.3, 0.4) is 0 Å². The van der Waals surface area contributed by atoms with E-state index in [1.807, 2.05) is 27.3 Å². The number of nitrogens with one attached hydrogen (secondary N) is 1. The summed E-state index contributed by atoms with van der Waals surface area (Å²) in [4.78, 5) is 13.2. The van der Waals surface area contributed by atoms with Crippen molar-refractivity contribution < 1.29 is 0 Å². The van der Waals surface area contributed by atoms with Crippen molar-refractivity contribution in [3.8, 4) is 22.5 Å². The molecule has 1 aliphatic rings. The van der Waals surface area contributed by atoms with E-state index in [1.165, 1.54) is 31.4 Å². The van der Waals surface area contributed by atoms with Crippen molar-refractivity contribution >= 4 is 0 Å². The number of aromatic nitrogens is 6. The van der Waals surface area contributed by atoms with Gasteiger partial charge in [-0.05, 0) is 41.2 Å². The molecule has 1 saturated carbocycles. The second kappa shape index (κ2) is 9.57. The highest BCUT2D eigenvalue weighted by molar-refractivity contribution is 5.80. The maximum Gasteiger partial charge on any atom is 0.328 e. The van der Waals surface area contributed by atoms with Gasteiger partial charge < -0.3 is 0 Å². The van der Waals surface area contributed by atoms with E-state index in [0.29, 0.717) is 18.3 Å². The van der Waals surface area contributed by atoms with Crippen LogP contribution in [-0.2, 0) is 13.1 Å². The summed E-state index contributed by atoms with van der Waals surface area (Å²) in [6.45, 7) is 3.57. The normalized spacial score (nSPS) is 14.2. The molecule has 0 spiro atoms. The van der Waals surface area contributed by atoms with Gasteiger partial charge in [0.25, 0.3) is 0 Å². The molecule has 2 aromatic carbocycles. The number of rotatable bonds is 8. The van der Waals surface area contributed by atoms with Crippen LogP contribution >= 0.6 is 0 Å². The Kier molecular flexibility index (Phi) is 6.19. The van der Waals surface area contributed by atoms with Crippen LogP contribution in [-0.4, -0.2) is 29.8 Å². The van der Waals surface area contributed by atoms with Gasteiger partial charge in [0, 0.05) is 29.9 Å². The molecule has 0 unspecified atom stereocenters. The maximum atomic E-state index is 13.2. The summed E-state index contributed by atoms with van der Waals surface area (Å²) in [5.74, 6) is 1.08. The Bertz CT molecular complexity index is 1250. The molecule has 4 aromatic rings. The van der Waals surface area contributed by atoms with Crippen LogP contribution in [0.4, 0.5) is 0 Å². The van der Waals surface area contributed by atoms with Crippen LogP contribution in [0.25, 0.3) is 22.5 Å². The van der Waals surface area contributed by atoms with Gasteiger partial charge in [-0.2, -0.15) is 5.21 Å². The number of hydrogen-bond acceptors (Lipinski definition) is 4. The minimum absolute atomic E-state index is 0.122. The zero-order valence-electron chi connectivity index (χ0n) is 19.1. The van der Waals surface area contributed by atoms with E-state index in [4.69, 9.17) is 0 Å². The third-order valence-electron chi connectivity index (χ3n) is 6.72. The molecular formula is C26H30N6O. The van der Waals surface area contributed by atoms with Crippen molar-refractivity contribution in [2.45, 2.75) is 64.5 Å². The van der Waals surface area contributed by atoms with Gasteiger partial charge in [-0.1, -0.05) is 74.7 Å². The standard InChI is InChI=1S/C26H30N6O/c1-2-3-16-31-18-24(21-8-4-5-9-21)32(26(31)33)17-19-12-14-20(15-13-19)22-10-6-7-11-23(22)25-27-29-30-28-25/h6-7,10-15,18,21H,2-5,8-9,16-17H2,1H3,(H,27,28,29,30). The molecule has 2 aromatic heterocycles.